The number of aliphatic carboxylic acids is 1. The Labute approximate surface area is 291 Å². The van der Waals surface area contributed by atoms with Crippen molar-refractivity contribution in [2.75, 3.05) is 24.5 Å². The first-order chi connectivity index (χ1) is 24.3. The average molecular weight is 722 g/mol. The Kier molecular flexibility index (Phi) is 12.0. The van der Waals surface area contributed by atoms with Crippen LogP contribution in [0, 0.1) is 5.92 Å². The Morgan fingerprint density at radius 2 is 1.59 bits per heavy atom. The maximum atomic E-state index is 14.2. The number of imidazole rings is 1. The van der Waals surface area contributed by atoms with Gasteiger partial charge in [-0.3, -0.25) is 9.59 Å². The predicted molar refractivity (Wildman–Crippen MR) is 176 cm³/mol. The fourth-order valence-electron chi connectivity index (χ4n) is 7.28. The smallest absolute Gasteiger partial charge is 0.475 e. The van der Waals surface area contributed by atoms with Gasteiger partial charge >= 0.3 is 18.3 Å². The summed E-state index contributed by atoms with van der Waals surface area (Å²) in [5.41, 5.74) is 0.957. The van der Waals surface area contributed by atoms with Gasteiger partial charge in [-0.25, -0.2) is 9.78 Å². The highest BCUT2D eigenvalue weighted by Gasteiger charge is 2.52. The summed E-state index contributed by atoms with van der Waals surface area (Å²) in [6, 6.07) is 13.1. The van der Waals surface area contributed by atoms with Gasteiger partial charge in [-0.05, 0) is 68.2 Å². The zero-order valence-corrected chi connectivity index (χ0v) is 28.0. The number of unbranched alkanes of at least 4 members (excludes halogenated alkanes) is 1. The molecule has 0 radical (unpaired) electrons. The largest absolute Gasteiger partial charge is 0.490 e. The zero-order valence-electron chi connectivity index (χ0n) is 28.0. The van der Waals surface area contributed by atoms with Crippen LogP contribution in [0.15, 0.2) is 67.3 Å². The number of carboxylic acid groups (broad SMARTS) is 1. The number of aryl methyl sites for hydroxylation is 2. The van der Waals surface area contributed by atoms with E-state index in [9.17, 15) is 35.9 Å². The van der Waals surface area contributed by atoms with Gasteiger partial charge in [0.15, 0.2) is 0 Å². The Morgan fingerprint density at radius 3 is 2.22 bits per heavy atom. The average Bonchev–Trinajstić information content (AvgIpc) is 3.62. The molecule has 2 atom stereocenters. The second kappa shape index (κ2) is 16.2. The van der Waals surface area contributed by atoms with Gasteiger partial charge in [-0.15, -0.1) is 0 Å². The molecule has 3 aromatic rings. The molecule has 276 valence electrons. The molecule has 2 aromatic carbocycles. The molecule has 3 heterocycles. The summed E-state index contributed by atoms with van der Waals surface area (Å²) in [6.45, 7) is 2.14. The van der Waals surface area contributed by atoms with Crippen LogP contribution in [0.5, 0.6) is 0 Å². The highest BCUT2D eigenvalue weighted by molar-refractivity contribution is 6.05. The van der Waals surface area contributed by atoms with Crippen molar-refractivity contribution in [3.8, 4) is 0 Å². The number of hydrogen-bond donors (Lipinski definition) is 1. The molecule has 3 aliphatic rings. The van der Waals surface area contributed by atoms with Crippen LogP contribution < -0.4 is 4.90 Å². The maximum Gasteiger partial charge on any atom is 0.490 e. The molecule has 6 rings (SSSR count). The third-order valence-electron chi connectivity index (χ3n) is 9.73. The second-order valence-electron chi connectivity index (χ2n) is 13.1. The number of alkyl halides is 6. The molecule has 51 heavy (non-hydrogen) atoms. The quantitative estimate of drug-likeness (QED) is 0.179. The second-order valence-corrected chi connectivity index (χ2v) is 13.1. The molecule has 2 aliphatic heterocycles. The van der Waals surface area contributed by atoms with Gasteiger partial charge in [0, 0.05) is 32.0 Å². The van der Waals surface area contributed by atoms with Crippen LogP contribution >= 0.6 is 0 Å². The van der Waals surface area contributed by atoms with E-state index in [1.807, 2.05) is 33.9 Å². The minimum Gasteiger partial charge on any atom is -0.475 e. The molecule has 1 saturated heterocycles. The monoisotopic (exact) mass is 721 g/mol. The molecule has 1 saturated carbocycles. The molecule has 0 bridgehead atoms. The van der Waals surface area contributed by atoms with Crippen molar-refractivity contribution in [2.24, 2.45) is 5.92 Å². The summed E-state index contributed by atoms with van der Waals surface area (Å²) in [4.78, 5) is 47.1. The van der Waals surface area contributed by atoms with E-state index >= 15 is 0 Å². The van der Waals surface area contributed by atoms with Crippen LogP contribution in [0.1, 0.15) is 72.9 Å². The van der Waals surface area contributed by atoms with Gasteiger partial charge in [-0.2, -0.15) is 26.3 Å². The summed E-state index contributed by atoms with van der Waals surface area (Å²) in [5.74, 6) is -3.29. The number of anilines is 1. The van der Waals surface area contributed by atoms with E-state index in [0.29, 0.717) is 38.3 Å². The van der Waals surface area contributed by atoms with Gasteiger partial charge in [-0.1, -0.05) is 49.6 Å². The van der Waals surface area contributed by atoms with E-state index in [2.05, 4.69) is 22.0 Å². The van der Waals surface area contributed by atoms with Gasteiger partial charge < -0.3 is 24.4 Å². The third kappa shape index (κ3) is 9.22. The van der Waals surface area contributed by atoms with Crippen molar-refractivity contribution in [3.05, 3.63) is 83.9 Å². The predicted octanol–water partition coefficient (Wildman–Crippen LogP) is 7.03. The molecule has 1 aromatic heterocycles. The number of piperazine rings is 1. The molecule has 1 aliphatic carbocycles. The van der Waals surface area contributed by atoms with Gasteiger partial charge in [0.05, 0.1) is 29.7 Å². The lowest BCUT2D eigenvalue weighted by molar-refractivity contribution is -0.192. The minimum absolute atomic E-state index is 0.00466. The van der Waals surface area contributed by atoms with Gasteiger partial charge in [0.25, 0.3) is 5.91 Å². The highest BCUT2D eigenvalue weighted by Crippen LogP contribution is 2.42. The molecule has 0 spiro atoms. The third-order valence-corrected chi connectivity index (χ3v) is 9.73. The van der Waals surface area contributed by atoms with Crippen molar-refractivity contribution in [1.82, 2.24) is 19.4 Å². The van der Waals surface area contributed by atoms with Crippen molar-refractivity contribution in [3.63, 3.8) is 0 Å². The first kappa shape index (κ1) is 37.7. The number of aromatic nitrogens is 2. The Hall–Kier alpha value is -4.56. The molecular weight excluding hydrogens is 680 g/mol. The first-order valence-corrected chi connectivity index (χ1v) is 17.1. The molecule has 1 N–H and O–H groups in total. The number of hydrogen-bond acceptors (Lipinski definition) is 5. The van der Waals surface area contributed by atoms with Crippen LogP contribution in [-0.2, 0) is 28.7 Å². The molecule has 9 nitrogen and oxygen atoms in total. The number of carboxylic acids is 1. The summed E-state index contributed by atoms with van der Waals surface area (Å²) >= 11 is 0. The molecule has 15 heteroatoms. The number of rotatable bonds is 10. The van der Waals surface area contributed by atoms with Crippen molar-refractivity contribution < 1.29 is 45.8 Å². The van der Waals surface area contributed by atoms with Crippen molar-refractivity contribution in [2.45, 2.75) is 88.9 Å². The molecule has 2 fully saturated rings. The number of nitrogens with zero attached hydrogens (tertiary/aromatic N) is 5. The van der Waals surface area contributed by atoms with E-state index in [1.54, 1.807) is 17.4 Å². The number of carbonyl (C=O) groups is 3. The van der Waals surface area contributed by atoms with Crippen LogP contribution in [0.3, 0.4) is 0 Å². The van der Waals surface area contributed by atoms with Crippen LogP contribution in [0.2, 0.25) is 0 Å². The number of fused-ring (bicyclic) bond motifs is 2. The van der Waals surface area contributed by atoms with Gasteiger partial charge in [0.2, 0.25) is 5.91 Å². The topological polar surface area (TPSA) is 99.0 Å². The number of carbonyl (C=O) groups excluding carboxylic acids is 2. The molecular formula is C36H41F6N5O4. The maximum absolute atomic E-state index is 14.2. The lowest BCUT2D eigenvalue weighted by Crippen LogP contribution is -2.71. The van der Waals surface area contributed by atoms with Crippen molar-refractivity contribution >= 4 is 23.5 Å². The van der Waals surface area contributed by atoms with Gasteiger partial charge in [0.1, 0.15) is 12.2 Å². The van der Waals surface area contributed by atoms with Crippen LogP contribution in [-0.4, -0.2) is 80.3 Å². The van der Waals surface area contributed by atoms with E-state index in [1.165, 1.54) is 11.6 Å². The van der Waals surface area contributed by atoms with E-state index in [-0.39, 0.29) is 17.4 Å². The highest BCUT2D eigenvalue weighted by atomic mass is 19.4. The fourth-order valence-corrected chi connectivity index (χ4v) is 7.28. The fraction of sp³-hybridized carbons (Fsp3) is 0.500. The minimum atomic E-state index is -5.08. The Morgan fingerprint density at radius 1 is 0.882 bits per heavy atom. The van der Waals surface area contributed by atoms with E-state index in [4.69, 9.17) is 9.90 Å². The summed E-state index contributed by atoms with van der Waals surface area (Å²) in [7, 11) is 0. The number of benzene rings is 2. The van der Waals surface area contributed by atoms with E-state index in [0.717, 1.165) is 63.5 Å². The first-order valence-electron chi connectivity index (χ1n) is 17.1. The SMILES string of the molecule is O=C(O)C(F)(F)F.O=C1[C@H](C2CCCCC2)N2C(=O)c3cc(C(F)(F)F)ccc3N(CCCn3ccnc3)C2CN1CCCCc1ccccc1. The van der Waals surface area contributed by atoms with E-state index < -0.39 is 42.0 Å². The lowest BCUT2D eigenvalue weighted by Gasteiger charge is -2.55. The number of halogens is 6. The number of amides is 2. The normalized spacial score (nSPS) is 19.7. The Balaban J connectivity index is 0.000000654. The lowest BCUT2D eigenvalue weighted by atomic mass is 9.80. The standard InChI is InChI=1S/C34H40F3N5O2.C2HF3O2/c35-34(36,37)27-15-16-29-28(22-27)32(43)42-30(41(29)20-9-18-39-21-17-38-24-39)23-40(19-8-7-12-25-10-3-1-4-11-25)33(44)31(42)26-13-5-2-6-14-26;3-2(4,5)1(6)7/h1,3-4,10-11,15-17,21-22,24,26,30-31H,2,5-9,12-14,18-20,23H2;(H,6,7)/t30?,31-;/m0./s1. The van der Waals surface area contributed by atoms with Crippen LogP contribution in [0.25, 0.3) is 0 Å². The molecule has 2 amide bonds. The summed E-state index contributed by atoms with van der Waals surface area (Å²) < 4.78 is 75.1. The van der Waals surface area contributed by atoms with Crippen molar-refractivity contribution in [1.29, 1.82) is 0 Å². The zero-order chi connectivity index (χ0) is 36.8. The Bertz CT molecular complexity index is 1630. The molecule has 1 unspecified atom stereocenters. The van der Waals surface area contributed by atoms with Crippen LogP contribution in [0.4, 0.5) is 32.0 Å². The summed E-state index contributed by atoms with van der Waals surface area (Å²) in [6.07, 6.45) is 3.39. The summed E-state index contributed by atoms with van der Waals surface area (Å²) in [5, 5.41) is 7.12.